The van der Waals surface area contributed by atoms with E-state index in [0.29, 0.717) is 22.8 Å². The molecule has 0 atom stereocenters. The second kappa shape index (κ2) is 4.94. The summed E-state index contributed by atoms with van der Waals surface area (Å²) in [6.07, 6.45) is 0.539. The molecule has 0 radical (unpaired) electrons. The number of nitrogens with one attached hydrogen (secondary N) is 2. The van der Waals surface area contributed by atoms with Gasteiger partial charge in [-0.1, -0.05) is 11.6 Å². The number of alkyl halides is 1. The summed E-state index contributed by atoms with van der Waals surface area (Å²) in [6.45, 7) is 0. The molecule has 17 heavy (non-hydrogen) atoms. The number of carbonyl (C=O) groups excluding carboxylic acids is 2. The van der Waals surface area contributed by atoms with Gasteiger partial charge in [0.2, 0.25) is 11.8 Å². The Morgan fingerprint density at radius 1 is 1.47 bits per heavy atom. The molecular formula is C11H10Cl2N2O2. The average Bonchev–Trinajstić information content (AvgIpc) is 2.58. The molecule has 0 saturated carbocycles. The van der Waals surface area contributed by atoms with Crippen LogP contribution in [0.15, 0.2) is 12.1 Å². The smallest absolute Gasteiger partial charge is 0.228 e. The molecule has 0 aliphatic carbocycles. The average molecular weight is 273 g/mol. The summed E-state index contributed by atoms with van der Waals surface area (Å²) >= 11 is 11.5. The maximum absolute atomic E-state index is 11.4. The van der Waals surface area contributed by atoms with Crippen molar-refractivity contribution in [3.8, 4) is 0 Å². The van der Waals surface area contributed by atoms with Gasteiger partial charge in [0.1, 0.15) is 0 Å². The third-order valence-electron chi connectivity index (χ3n) is 2.41. The van der Waals surface area contributed by atoms with E-state index in [0.717, 1.165) is 5.56 Å². The van der Waals surface area contributed by atoms with Crippen molar-refractivity contribution in [3.63, 3.8) is 0 Å². The molecule has 1 aliphatic heterocycles. The molecular weight excluding hydrogens is 263 g/mol. The molecule has 1 aromatic carbocycles. The van der Waals surface area contributed by atoms with E-state index in [1.54, 1.807) is 12.1 Å². The van der Waals surface area contributed by atoms with Crippen LogP contribution in [0.1, 0.15) is 12.0 Å². The lowest BCUT2D eigenvalue weighted by atomic mass is 10.1. The quantitative estimate of drug-likeness (QED) is 0.831. The van der Waals surface area contributed by atoms with E-state index >= 15 is 0 Å². The third-order valence-corrected chi connectivity index (χ3v) is 2.92. The van der Waals surface area contributed by atoms with E-state index in [2.05, 4.69) is 10.6 Å². The number of rotatable bonds is 3. The second-order valence-corrected chi connectivity index (χ2v) is 4.49. The van der Waals surface area contributed by atoms with Crippen molar-refractivity contribution in [3.05, 3.63) is 22.7 Å². The van der Waals surface area contributed by atoms with Crippen molar-refractivity contribution in [2.75, 3.05) is 16.5 Å². The summed E-state index contributed by atoms with van der Waals surface area (Å²) in [4.78, 5) is 22.6. The van der Waals surface area contributed by atoms with Gasteiger partial charge < -0.3 is 10.6 Å². The predicted molar refractivity (Wildman–Crippen MR) is 67.8 cm³/mol. The lowest BCUT2D eigenvalue weighted by Gasteiger charge is -2.08. The molecule has 1 heterocycles. The van der Waals surface area contributed by atoms with Gasteiger partial charge >= 0.3 is 0 Å². The second-order valence-electron chi connectivity index (χ2n) is 3.70. The predicted octanol–water partition coefficient (Wildman–Crippen LogP) is 2.40. The normalized spacial score (nSPS) is 13.2. The SMILES string of the molecule is O=C(CCCl)Nc1cc2c(cc1Cl)NC(=O)C2. The lowest BCUT2D eigenvalue weighted by Crippen LogP contribution is -2.12. The molecule has 2 rings (SSSR count). The molecule has 0 unspecified atom stereocenters. The first-order valence-electron chi connectivity index (χ1n) is 5.08. The number of amides is 2. The maximum Gasteiger partial charge on any atom is 0.228 e. The van der Waals surface area contributed by atoms with Crippen LogP contribution in [-0.4, -0.2) is 17.7 Å². The Morgan fingerprint density at radius 2 is 2.24 bits per heavy atom. The summed E-state index contributed by atoms with van der Waals surface area (Å²) in [7, 11) is 0. The highest BCUT2D eigenvalue weighted by molar-refractivity contribution is 6.34. The standard InChI is InChI=1S/C11H10Cl2N2O2/c12-2-1-10(16)15-9-3-6-4-11(17)14-8(6)5-7(9)13/h3,5H,1-2,4H2,(H,14,17)(H,15,16). The van der Waals surface area contributed by atoms with Gasteiger partial charge in [-0.3, -0.25) is 9.59 Å². The molecule has 2 N–H and O–H groups in total. The number of fused-ring (bicyclic) bond motifs is 1. The van der Waals surface area contributed by atoms with Crippen molar-refractivity contribution < 1.29 is 9.59 Å². The Kier molecular flexibility index (Phi) is 3.54. The highest BCUT2D eigenvalue weighted by atomic mass is 35.5. The van der Waals surface area contributed by atoms with Crippen LogP contribution in [0.4, 0.5) is 11.4 Å². The summed E-state index contributed by atoms with van der Waals surface area (Å²) in [5.74, 6) is -0.00605. The van der Waals surface area contributed by atoms with Crippen molar-refractivity contribution in [2.24, 2.45) is 0 Å². The molecule has 0 spiro atoms. The highest BCUT2D eigenvalue weighted by Gasteiger charge is 2.20. The number of halogens is 2. The van der Waals surface area contributed by atoms with Gasteiger partial charge in [-0.25, -0.2) is 0 Å². The summed E-state index contributed by atoms with van der Waals surface area (Å²) in [5.41, 5.74) is 2.05. The van der Waals surface area contributed by atoms with E-state index in [-0.39, 0.29) is 24.1 Å². The van der Waals surface area contributed by atoms with Gasteiger partial charge in [-0.2, -0.15) is 0 Å². The number of anilines is 2. The summed E-state index contributed by atoms with van der Waals surface area (Å²) in [6, 6.07) is 3.35. The van der Waals surface area contributed by atoms with Crippen molar-refractivity contribution >= 4 is 46.4 Å². The molecule has 90 valence electrons. The number of benzene rings is 1. The first-order valence-corrected chi connectivity index (χ1v) is 5.99. The number of carbonyl (C=O) groups is 2. The molecule has 1 aromatic rings. The molecule has 0 fully saturated rings. The molecule has 0 aromatic heterocycles. The Hall–Kier alpha value is -1.26. The molecule has 1 aliphatic rings. The first kappa shape index (κ1) is 12.2. The third kappa shape index (κ3) is 2.70. The van der Waals surface area contributed by atoms with Crippen LogP contribution >= 0.6 is 23.2 Å². The van der Waals surface area contributed by atoms with E-state index in [1.807, 2.05) is 0 Å². The van der Waals surface area contributed by atoms with E-state index in [1.165, 1.54) is 0 Å². The maximum atomic E-state index is 11.4. The van der Waals surface area contributed by atoms with E-state index < -0.39 is 0 Å². The largest absolute Gasteiger partial charge is 0.325 e. The first-order chi connectivity index (χ1) is 8.10. The fourth-order valence-electron chi connectivity index (χ4n) is 1.64. The highest BCUT2D eigenvalue weighted by Crippen LogP contribution is 2.32. The van der Waals surface area contributed by atoms with Gasteiger partial charge in [0.25, 0.3) is 0 Å². The van der Waals surface area contributed by atoms with Crippen LogP contribution in [0.2, 0.25) is 5.02 Å². The Morgan fingerprint density at radius 3 is 2.94 bits per heavy atom. The number of hydrogen-bond acceptors (Lipinski definition) is 2. The van der Waals surface area contributed by atoms with Crippen LogP contribution in [-0.2, 0) is 16.0 Å². The van der Waals surface area contributed by atoms with E-state index in [9.17, 15) is 9.59 Å². The van der Waals surface area contributed by atoms with E-state index in [4.69, 9.17) is 23.2 Å². The fourth-order valence-corrected chi connectivity index (χ4v) is 2.02. The Balaban J connectivity index is 2.22. The molecule has 6 heteroatoms. The molecule has 0 saturated heterocycles. The zero-order valence-corrected chi connectivity index (χ0v) is 10.4. The number of hydrogen-bond donors (Lipinski definition) is 2. The van der Waals surface area contributed by atoms with Gasteiger partial charge in [0.05, 0.1) is 17.1 Å². The summed E-state index contributed by atoms with van der Waals surface area (Å²) in [5, 5.41) is 5.75. The monoisotopic (exact) mass is 272 g/mol. The lowest BCUT2D eigenvalue weighted by molar-refractivity contribution is -0.116. The van der Waals surface area contributed by atoms with Crippen LogP contribution < -0.4 is 10.6 Å². The summed E-state index contributed by atoms with van der Waals surface area (Å²) < 4.78 is 0. The Bertz CT molecular complexity index is 489. The zero-order valence-electron chi connectivity index (χ0n) is 8.85. The van der Waals surface area contributed by atoms with Crippen LogP contribution in [0.3, 0.4) is 0 Å². The molecule has 4 nitrogen and oxygen atoms in total. The van der Waals surface area contributed by atoms with Gasteiger partial charge in [-0.05, 0) is 17.7 Å². The van der Waals surface area contributed by atoms with Gasteiger partial charge in [0, 0.05) is 18.0 Å². The van der Waals surface area contributed by atoms with Gasteiger partial charge in [0.15, 0.2) is 0 Å². The van der Waals surface area contributed by atoms with Crippen LogP contribution in [0, 0.1) is 0 Å². The van der Waals surface area contributed by atoms with Crippen molar-refractivity contribution in [1.29, 1.82) is 0 Å². The van der Waals surface area contributed by atoms with Crippen molar-refractivity contribution in [1.82, 2.24) is 0 Å². The molecule has 0 bridgehead atoms. The minimum Gasteiger partial charge on any atom is -0.325 e. The minimum atomic E-state index is -0.195. The minimum absolute atomic E-state index is 0.0692. The van der Waals surface area contributed by atoms with Gasteiger partial charge in [-0.15, -0.1) is 11.6 Å². The topological polar surface area (TPSA) is 58.2 Å². The van der Waals surface area contributed by atoms with Crippen LogP contribution in [0.25, 0.3) is 0 Å². The fraction of sp³-hybridized carbons (Fsp3) is 0.273. The van der Waals surface area contributed by atoms with Crippen molar-refractivity contribution in [2.45, 2.75) is 12.8 Å². The van der Waals surface area contributed by atoms with Crippen LogP contribution in [0.5, 0.6) is 0 Å². The molecule has 2 amide bonds. The Labute approximate surface area is 108 Å². The zero-order chi connectivity index (χ0) is 12.4.